The van der Waals surface area contributed by atoms with Crippen LogP contribution in [0.25, 0.3) is 0 Å². The number of ether oxygens (including phenoxy) is 2. The van der Waals surface area contributed by atoms with Crippen molar-refractivity contribution >= 4 is 17.9 Å². The average molecular weight is 792 g/mol. The van der Waals surface area contributed by atoms with Gasteiger partial charge in [-0.2, -0.15) is 0 Å². The Bertz CT molecular complexity index is 950. The van der Waals surface area contributed by atoms with Gasteiger partial charge in [-0.1, -0.05) is 127 Å². The van der Waals surface area contributed by atoms with Crippen molar-refractivity contribution in [2.24, 2.45) is 0 Å². The molecule has 0 saturated carbocycles. The second-order valence-corrected chi connectivity index (χ2v) is 15.1. The van der Waals surface area contributed by atoms with Gasteiger partial charge in [0.15, 0.2) is 6.29 Å². The van der Waals surface area contributed by atoms with Crippen molar-refractivity contribution in [3.05, 3.63) is 48.6 Å². The zero-order valence-electron chi connectivity index (χ0n) is 36.3. The third-order valence-corrected chi connectivity index (χ3v) is 9.18. The van der Waals surface area contributed by atoms with Crippen LogP contribution in [0, 0.1) is 0 Å². The number of carboxylic acid groups (broad SMARTS) is 2. The van der Waals surface area contributed by atoms with Crippen molar-refractivity contribution in [3.63, 3.8) is 0 Å². The Hall–Kier alpha value is -2.75. The Kier molecular flexibility index (Phi) is 44.4. The second-order valence-electron chi connectivity index (χ2n) is 15.1. The minimum absolute atomic E-state index is 0.132. The van der Waals surface area contributed by atoms with E-state index in [1.807, 2.05) is 19.0 Å². The summed E-state index contributed by atoms with van der Waals surface area (Å²) in [4.78, 5) is 34.0. The lowest BCUT2D eigenvalue weighted by atomic mass is 10.1. The molecule has 1 aliphatic heterocycles. The molecule has 56 heavy (non-hydrogen) atoms. The molecule has 0 radical (unpaired) electrons. The Labute approximate surface area is 343 Å². The molecule has 1 aliphatic rings. The van der Waals surface area contributed by atoms with Crippen LogP contribution in [0.3, 0.4) is 0 Å². The molecular weight excluding hydrogens is 707 g/mol. The minimum atomic E-state index is -0.683. The number of aliphatic hydroxyl groups is 1. The summed E-state index contributed by atoms with van der Waals surface area (Å²) in [5.41, 5.74) is 0. The molecule has 1 rings (SSSR count). The summed E-state index contributed by atoms with van der Waals surface area (Å²) in [6, 6.07) is 0. The van der Waals surface area contributed by atoms with Gasteiger partial charge in [0.2, 0.25) is 0 Å². The molecule has 326 valence electrons. The number of esters is 1. The Morgan fingerprint density at radius 3 is 1.36 bits per heavy atom. The van der Waals surface area contributed by atoms with Crippen molar-refractivity contribution in [2.75, 3.05) is 27.2 Å². The van der Waals surface area contributed by atoms with Crippen LogP contribution in [0.1, 0.15) is 194 Å². The van der Waals surface area contributed by atoms with Gasteiger partial charge < -0.3 is 29.7 Å². The highest BCUT2D eigenvalue weighted by molar-refractivity contribution is 5.69. The number of rotatable bonds is 34. The van der Waals surface area contributed by atoms with E-state index >= 15 is 0 Å². The fourth-order valence-corrected chi connectivity index (χ4v) is 5.78. The van der Waals surface area contributed by atoms with Crippen LogP contribution in [0.4, 0.5) is 0 Å². The molecule has 1 heterocycles. The number of carbonyl (C=O) groups is 3. The Balaban J connectivity index is 0. The number of carbonyl (C=O) groups excluding carboxylic acids is 1. The number of aliphatic carboxylic acids is 2. The lowest BCUT2D eigenvalue weighted by molar-refractivity contribution is -0.152. The summed E-state index contributed by atoms with van der Waals surface area (Å²) < 4.78 is 10.2. The summed E-state index contributed by atoms with van der Waals surface area (Å²) in [6.07, 6.45) is 46.4. The first kappa shape index (κ1) is 55.3. The first-order valence-corrected chi connectivity index (χ1v) is 22.3. The van der Waals surface area contributed by atoms with E-state index < -0.39 is 18.2 Å². The molecule has 3 N–H and O–H groups in total. The van der Waals surface area contributed by atoms with Crippen molar-refractivity contribution < 1.29 is 39.2 Å². The maximum Gasteiger partial charge on any atom is 0.305 e. The van der Waals surface area contributed by atoms with Gasteiger partial charge >= 0.3 is 17.9 Å². The van der Waals surface area contributed by atoms with Crippen molar-refractivity contribution in [1.82, 2.24) is 4.90 Å². The number of hydrogen-bond donors (Lipinski definition) is 3. The number of aliphatic hydroxyl groups excluding tert-OH is 1. The largest absolute Gasteiger partial charge is 0.481 e. The van der Waals surface area contributed by atoms with E-state index in [0.717, 1.165) is 70.8 Å². The van der Waals surface area contributed by atoms with Crippen LogP contribution in [0.2, 0.25) is 0 Å². The standard InChI is InChI=1S/2C18H32O2.C11H21NO4/c2*1-2-3-4-5-6-7-8-9-10-11-12-13-14-15-16-17-18(19)20;1-12(2)7-3-4-10(13)15-8-9-5-6-11(14)16-9/h2*6-7,9-10H,2-5,8,11-17H2,1H3,(H,19,20);9,11,14H,3-8H2,1-2H3/b2*7-6-,10-9-;/t;;9-,11+/m..0/s1. The molecule has 0 spiro atoms. The van der Waals surface area contributed by atoms with Crippen LogP contribution in [-0.2, 0) is 23.9 Å². The van der Waals surface area contributed by atoms with E-state index in [1.165, 1.54) is 89.9 Å². The molecule has 9 heteroatoms. The molecule has 0 aromatic rings. The number of carboxylic acids is 2. The smallest absolute Gasteiger partial charge is 0.305 e. The predicted molar refractivity (Wildman–Crippen MR) is 233 cm³/mol. The lowest BCUT2D eigenvalue weighted by Crippen LogP contribution is -2.20. The highest BCUT2D eigenvalue weighted by Crippen LogP contribution is 2.18. The van der Waals surface area contributed by atoms with Gasteiger partial charge in [0.05, 0.1) is 6.10 Å². The molecule has 9 nitrogen and oxygen atoms in total. The molecule has 0 unspecified atom stereocenters. The number of hydrogen-bond acceptors (Lipinski definition) is 7. The highest BCUT2D eigenvalue weighted by atomic mass is 16.6. The molecule has 0 aliphatic carbocycles. The average Bonchev–Trinajstić information content (AvgIpc) is 3.58. The lowest BCUT2D eigenvalue weighted by Gasteiger charge is -2.12. The van der Waals surface area contributed by atoms with Gasteiger partial charge in [0.1, 0.15) is 6.61 Å². The number of allylic oxidation sites excluding steroid dienone is 8. The van der Waals surface area contributed by atoms with Gasteiger partial charge in [-0.25, -0.2) is 0 Å². The Morgan fingerprint density at radius 2 is 0.982 bits per heavy atom. The van der Waals surface area contributed by atoms with E-state index in [-0.39, 0.29) is 18.7 Å². The van der Waals surface area contributed by atoms with Crippen LogP contribution in [-0.4, -0.2) is 77.8 Å². The first-order chi connectivity index (χ1) is 27.1. The monoisotopic (exact) mass is 792 g/mol. The van der Waals surface area contributed by atoms with E-state index in [9.17, 15) is 14.4 Å². The van der Waals surface area contributed by atoms with Crippen molar-refractivity contribution in [1.29, 1.82) is 0 Å². The summed E-state index contributed by atoms with van der Waals surface area (Å²) in [5, 5.41) is 26.1. The zero-order chi connectivity index (χ0) is 41.7. The van der Waals surface area contributed by atoms with Gasteiger partial charge in [0.25, 0.3) is 0 Å². The van der Waals surface area contributed by atoms with Crippen molar-refractivity contribution in [3.8, 4) is 0 Å². The molecule has 1 saturated heterocycles. The van der Waals surface area contributed by atoms with Crippen LogP contribution < -0.4 is 0 Å². The highest BCUT2D eigenvalue weighted by Gasteiger charge is 2.24. The summed E-state index contributed by atoms with van der Waals surface area (Å²) in [7, 11) is 3.94. The third-order valence-electron chi connectivity index (χ3n) is 9.18. The first-order valence-electron chi connectivity index (χ1n) is 22.3. The fourth-order valence-electron chi connectivity index (χ4n) is 5.78. The van der Waals surface area contributed by atoms with E-state index in [0.29, 0.717) is 25.7 Å². The van der Waals surface area contributed by atoms with Gasteiger partial charge in [-0.15, -0.1) is 0 Å². The van der Waals surface area contributed by atoms with E-state index in [1.54, 1.807) is 0 Å². The Morgan fingerprint density at radius 1 is 0.571 bits per heavy atom. The van der Waals surface area contributed by atoms with Gasteiger partial charge in [-0.05, 0) is 111 Å². The molecular formula is C47H85NO8. The summed E-state index contributed by atoms with van der Waals surface area (Å²) in [5.74, 6) is -1.53. The van der Waals surface area contributed by atoms with Crippen molar-refractivity contribution in [2.45, 2.75) is 206 Å². The van der Waals surface area contributed by atoms with E-state index in [2.05, 4.69) is 62.5 Å². The van der Waals surface area contributed by atoms with Gasteiger partial charge in [0, 0.05) is 25.7 Å². The maximum atomic E-state index is 11.3. The quantitative estimate of drug-likeness (QED) is 0.0331. The zero-order valence-corrected chi connectivity index (χ0v) is 36.3. The maximum absolute atomic E-state index is 11.3. The molecule has 0 aromatic carbocycles. The topological polar surface area (TPSA) is 134 Å². The SMILES string of the molecule is CCCCC/C=C\C/C=C\CCCCCCCC(=O)O.CCCCC/C=C\C/C=C\CCCCCCCC(=O)O.CN(C)CCCC(=O)OC[C@@H]1CC[C@H](O)O1. The molecule has 0 bridgehead atoms. The minimum Gasteiger partial charge on any atom is -0.481 e. The predicted octanol–water partition coefficient (Wildman–Crippen LogP) is 12.1. The second kappa shape index (κ2) is 45.0. The van der Waals surface area contributed by atoms with Crippen LogP contribution in [0.15, 0.2) is 48.6 Å². The molecule has 2 atom stereocenters. The molecule has 0 amide bonds. The normalized spacial score (nSPS) is 15.5. The fraction of sp³-hybridized carbons (Fsp3) is 0.766. The summed E-state index contributed by atoms with van der Waals surface area (Å²) in [6.45, 7) is 5.61. The molecule has 1 fully saturated rings. The molecule has 0 aromatic heterocycles. The summed E-state index contributed by atoms with van der Waals surface area (Å²) >= 11 is 0. The number of nitrogens with zero attached hydrogens (tertiary/aromatic N) is 1. The van der Waals surface area contributed by atoms with Crippen LogP contribution in [0.5, 0.6) is 0 Å². The van der Waals surface area contributed by atoms with E-state index in [4.69, 9.17) is 24.8 Å². The van der Waals surface area contributed by atoms with Gasteiger partial charge in [-0.3, -0.25) is 14.4 Å². The van der Waals surface area contributed by atoms with Crippen LogP contribution >= 0.6 is 0 Å². The number of unbranched alkanes of at least 4 members (excludes halogenated alkanes) is 16. The third kappa shape index (κ3) is 49.3.